The highest BCUT2D eigenvalue weighted by atomic mass is 32.1. The maximum atomic E-state index is 12.4. The third-order valence-electron chi connectivity index (χ3n) is 4.71. The van der Waals surface area contributed by atoms with Gasteiger partial charge < -0.3 is 24.6 Å². The van der Waals surface area contributed by atoms with Gasteiger partial charge in [0.1, 0.15) is 11.9 Å². The van der Waals surface area contributed by atoms with E-state index in [0.29, 0.717) is 26.2 Å². The molecule has 136 valence electrons. The lowest BCUT2D eigenvalue weighted by Gasteiger charge is -2.37. The topological polar surface area (TPSA) is 54.0 Å². The van der Waals surface area contributed by atoms with E-state index in [1.54, 1.807) is 7.11 Å². The molecule has 1 N–H and O–H groups in total. The molecule has 0 radical (unpaired) electrons. The van der Waals surface area contributed by atoms with Gasteiger partial charge in [0.15, 0.2) is 5.11 Å². The van der Waals surface area contributed by atoms with E-state index in [-0.39, 0.29) is 12.0 Å². The van der Waals surface area contributed by atoms with Crippen LogP contribution >= 0.6 is 12.2 Å². The van der Waals surface area contributed by atoms with Gasteiger partial charge in [-0.25, -0.2) is 0 Å². The molecule has 2 aliphatic heterocycles. The molecule has 1 aromatic rings. The van der Waals surface area contributed by atoms with Crippen molar-refractivity contribution in [2.24, 2.45) is 0 Å². The van der Waals surface area contributed by atoms with Crippen LogP contribution in [0.1, 0.15) is 18.4 Å². The van der Waals surface area contributed by atoms with Crippen molar-refractivity contribution in [1.29, 1.82) is 0 Å². The fraction of sp³-hybridized carbons (Fsp3) is 0.556. The van der Waals surface area contributed by atoms with Crippen LogP contribution in [0, 0.1) is 0 Å². The van der Waals surface area contributed by atoms with Crippen LogP contribution in [0.5, 0.6) is 5.75 Å². The summed E-state index contributed by atoms with van der Waals surface area (Å²) in [4.78, 5) is 16.4. The Kier molecular flexibility index (Phi) is 6.09. The normalized spacial score (nSPS) is 20.4. The van der Waals surface area contributed by atoms with Gasteiger partial charge in [0.05, 0.1) is 7.11 Å². The predicted octanol–water partition coefficient (Wildman–Crippen LogP) is 1.39. The van der Waals surface area contributed by atoms with Gasteiger partial charge in [0, 0.05) is 44.9 Å². The molecular weight excluding hydrogens is 338 g/mol. The molecule has 2 aliphatic rings. The second-order valence-electron chi connectivity index (χ2n) is 6.28. The molecule has 1 amide bonds. The third-order valence-corrected chi connectivity index (χ3v) is 5.11. The number of para-hydroxylation sites is 1. The summed E-state index contributed by atoms with van der Waals surface area (Å²) < 4.78 is 10.9. The number of piperazine rings is 1. The summed E-state index contributed by atoms with van der Waals surface area (Å²) >= 11 is 5.51. The third kappa shape index (κ3) is 4.41. The summed E-state index contributed by atoms with van der Waals surface area (Å²) in [6.07, 6.45) is 1.59. The van der Waals surface area contributed by atoms with Crippen LogP contribution in [0.3, 0.4) is 0 Å². The first-order valence-electron chi connectivity index (χ1n) is 8.74. The van der Waals surface area contributed by atoms with Crippen molar-refractivity contribution in [3.8, 4) is 5.75 Å². The number of nitrogens with zero attached hydrogens (tertiary/aromatic N) is 2. The van der Waals surface area contributed by atoms with E-state index in [1.807, 2.05) is 29.2 Å². The molecule has 0 spiro atoms. The SMILES string of the molecule is COc1ccccc1CNC(=S)N1CCN(C(=O)C2CCCO2)CC1. The molecule has 0 bridgehead atoms. The van der Waals surface area contributed by atoms with Crippen molar-refractivity contribution < 1.29 is 14.3 Å². The van der Waals surface area contributed by atoms with Crippen LogP contribution in [0.4, 0.5) is 0 Å². The number of hydrogen-bond acceptors (Lipinski definition) is 4. The van der Waals surface area contributed by atoms with Gasteiger partial charge in [-0.15, -0.1) is 0 Å². The Morgan fingerprint density at radius 1 is 1.28 bits per heavy atom. The van der Waals surface area contributed by atoms with E-state index >= 15 is 0 Å². The second kappa shape index (κ2) is 8.49. The van der Waals surface area contributed by atoms with Crippen molar-refractivity contribution in [2.75, 3.05) is 39.9 Å². The Morgan fingerprint density at radius 3 is 2.68 bits per heavy atom. The average Bonchev–Trinajstić information content (AvgIpc) is 3.20. The van der Waals surface area contributed by atoms with Crippen molar-refractivity contribution in [2.45, 2.75) is 25.5 Å². The van der Waals surface area contributed by atoms with Gasteiger partial charge in [-0.05, 0) is 31.1 Å². The summed E-state index contributed by atoms with van der Waals surface area (Å²) in [5.41, 5.74) is 1.07. The van der Waals surface area contributed by atoms with Gasteiger partial charge in [-0.3, -0.25) is 4.79 Å². The minimum Gasteiger partial charge on any atom is -0.496 e. The molecule has 0 aliphatic carbocycles. The average molecular weight is 363 g/mol. The number of nitrogens with one attached hydrogen (secondary N) is 1. The first kappa shape index (κ1) is 17.9. The van der Waals surface area contributed by atoms with Crippen molar-refractivity contribution in [3.05, 3.63) is 29.8 Å². The molecule has 2 fully saturated rings. The van der Waals surface area contributed by atoms with Crippen LogP contribution in [0.15, 0.2) is 24.3 Å². The van der Waals surface area contributed by atoms with Gasteiger partial charge >= 0.3 is 0 Å². The van der Waals surface area contributed by atoms with E-state index in [2.05, 4.69) is 10.2 Å². The number of rotatable bonds is 4. The van der Waals surface area contributed by atoms with Crippen LogP contribution < -0.4 is 10.1 Å². The van der Waals surface area contributed by atoms with E-state index < -0.39 is 0 Å². The molecule has 7 heteroatoms. The molecule has 6 nitrogen and oxygen atoms in total. The van der Waals surface area contributed by atoms with Crippen LogP contribution in [0.25, 0.3) is 0 Å². The maximum Gasteiger partial charge on any atom is 0.251 e. The number of ether oxygens (including phenoxy) is 2. The van der Waals surface area contributed by atoms with E-state index in [9.17, 15) is 4.79 Å². The Balaban J connectivity index is 1.46. The molecule has 0 aromatic heterocycles. The van der Waals surface area contributed by atoms with E-state index in [0.717, 1.165) is 42.4 Å². The molecule has 1 aromatic carbocycles. The van der Waals surface area contributed by atoms with E-state index in [1.165, 1.54) is 0 Å². The summed E-state index contributed by atoms with van der Waals surface area (Å²) in [6.45, 7) is 4.20. The lowest BCUT2D eigenvalue weighted by Crippen LogP contribution is -2.54. The van der Waals surface area contributed by atoms with Gasteiger partial charge in [-0.1, -0.05) is 18.2 Å². The van der Waals surface area contributed by atoms with Crippen LogP contribution in [-0.2, 0) is 16.1 Å². The van der Waals surface area contributed by atoms with Crippen molar-refractivity contribution >= 4 is 23.2 Å². The number of carbonyl (C=O) groups is 1. The molecule has 1 atom stereocenters. The summed E-state index contributed by atoms with van der Waals surface area (Å²) in [7, 11) is 1.67. The monoisotopic (exact) mass is 363 g/mol. The standard InChI is InChI=1S/C18H25N3O3S/c1-23-15-6-3-2-5-14(15)13-19-18(25)21-10-8-20(9-11-21)17(22)16-7-4-12-24-16/h2-3,5-6,16H,4,7-13H2,1H3,(H,19,25). The van der Waals surface area contributed by atoms with Gasteiger partial charge in [-0.2, -0.15) is 0 Å². The Labute approximate surface area is 154 Å². The molecule has 2 heterocycles. The van der Waals surface area contributed by atoms with Gasteiger partial charge in [0.2, 0.25) is 0 Å². The number of hydrogen-bond donors (Lipinski definition) is 1. The highest BCUT2D eigenvalue weighted by Gasteiger charge is 2.30. The van der Waals surface area contributed by atoms with Crippen molar-refractivity contribution in [1.82, 2.24) is 15.1 Å². The first-order valence-corrected chi connectivity index (χ1v) is 9.15. The predicted molar refractivity (Wildman–Crippen MR) is 99.6 cm³/mol. The lowest BCUT2D eigenvalue weighted by molar-refractivity contribution is -0.142. The Morgan fingerprint density at radius 2 is 2.00 bits per heavy atom. The van der Waals surface area contributed by atoms with Crippen LogP contribution in [0.2, 0.25) is 0 Å². The number of methoxy groups -OCH3 is 1. The molecule has 0 saturated carbocycles. The zero-order valence-electron chi connectivity index (χ0n) is 14.6. The zero-order valence-corrected chi connectivity index (χ0v) is 15.4. The first-order chi connectivity index (χ1) is 12.2. The summed E-state index contributed by atoms with van der Waals surface area (Å²) in [6, 6.07) is 7.89. The van der Waals surface area contributed by atoms with Crippen molar-refractivity contribution in [3.63, 3.8) is 0 Å². The Bertz CT molecular complexity index is 611. The second-order valence-corrected chi connectivity index (χ2v) is 6.67. The maximum absolute atomic E-state index is 12.4. The largest absolute Gasteiger partial charge is 0.496 e. The quantitative estimate of drug-likeness (QED) is 0.816. The van der Waals surface area contributed by atoms with Crippen LogP contribution in [-0.4, -0.2) is 66.8 Å². The fourth-order valence-electron chi connectivity index (χ4n) is 3.24. The van der Waals surface area contributed by atoms with E-state index in [4.69, 9.17) is 21.7 Å². The molecule has 3 rings (SSSR count). The Hall–Kier alpha value is -1.86. The zero-order chi connectivity index (χ0) is 17.6. The smallest absolute Gasteiger partial charge is 0.251 e. The van der Waals surface area contributed by atoms with Gasteiger partial charge in [0.25, 0.3) is 5.91 Å². The number of benzene rings is 1. The summed E-state index contributed by atoms with van der Waals surface area (Å²) in [5, 5.41) is 4.01. The molecule has 1 unspecified atom stereocenters. The highest BCUT2D eigenvalue weighted by molar-refractivity contribution is 7.80. The molecular formula is C18H25N3O3S. The number of carbonyl (C=O) groups excluding carboxylic acids is 1. The minimum atomic E-state index is -0.234. The molecule has 25 heavy (non-hydrogen) atoms. The highest BCUT2D eigenvalue weighted by Crippen LogP contribution is 2.18. The molecule has 2 saturated heterocycles. The lowest BCUT2D eigenvalue weighted by atomic mass is 10.2. The number of thiocarbonyl (C=S) groups is 1. The summed E-state index contributed by atoms with van der Waals surface area (Å²) in [5.74, 6) is 0.981. The number of amides is 1. The fourth-order valence-corrected chi connectivity index (χ4v) is 3.49. The minimum absolute atomic E-state index is 0.130.